The maximum atomic E-state index is 13.9. The summed E-state index contributed by atoms with van der Waals surface area (Å²) in [5.41, 5.74) is 2.13. The molecular weight excluding hydrogens is 378 g/mol. The molecule has 2 fully saturated rings. The molecule has 2 saturated heterocycles. The Kier molecular flexibility index (Phi) is 4.83. The molecule has 0 bridgehead atoms. The van der Waals surface area contributed by atoms with Gasteiger partial charge < -0.3 is 14.5 Å². The van der Waals surface area contributed by atoms with Crippen molar-refractivity contribution < 1.29 is 14.3 Å². The van der Waals surface area contributed by atoms with Crippen LogP contribution in [0.1, 0.15) is 17.0 Å². The number of fused-ring (bicyclic) bond motifs is 3. The normalized spacial score (nSPS) is 26.4. The van der Waals surface area contributed by atoms with Crippen LogP contribution in [-0.2, 0) is 20.9 Å². The summed E-state index contributed by atoms with van der Waals surface area (Å²) < 4.78 is 5.45. The molecule has 30 heavy (non-hydrogen) atoms. The molecule has 0 N–H and O–H groups in total. The lowest BCUT2D eigenvalue weighted by atomic mass is 9.69. The zero-order chi connectivity index (χ0) is 20.7. The molecule has 6 nitrogen and oxygen atoms in total. The molecule has 0 aliphatic carbocycles. The molecule has 3 heterocycles. The summed E-state index contributed by atoms with van der Waals surface area (Å²) in [4.78, 5) is 33.5. The van der Waals surface area contributed by atoms with Gasteiger partial charge in [-0.1, -0.05) is 48.5 Å². The van der Waals surface area contributed by atoms with Crippen LogP contribution in [0.3, 0.4) is 0 Å². The number of morpholine rings is 1. The molecule has 6 heteroatoms. The molecule has 0 spiro atoms. The van der Waals surface area contributed by atoms with E-state index in [2.05, 4.69) is 23.1 Å². The van der Waals surface area contributed by atoms with E-state index < -0.39 is 5.41 Å². The quantitative estimate of drug-likeness (QED) is 0.734. The standard InChI is InChI=1S/C24H27N3O3/c1-25-21-10-6-5-9-19(21)20-16-26(15-18-7-3-2-4-8-18)17-24(20,22(25)28)23(29)27-11-13-30-14-12-27/h2-10,20H,11-17H2,1H3/t20-,24+/m0/s1. The van der Waals surface area contributed by atoms with Gasteiger partial charge in [0.2, 0.25) is 11.8 Å². The van der Waals surface area contributed by atoms with Gasteiger partial charge in [-0.2, -0.15) is 0 Å². The number of ether oxygens (including phenoxy) is 1. The Hall–Kier alpha value is -2.70. The maximum Gasteiger partial charge on any atom is 0.244 e. The Morgan fingerprint density at radius 3 is 2.53 bits per heavy atom. The second-order valence-electron chi connectivity index (χ2n) is 8.51. The fourth-order valence-electron chi connectivity index (χ4n) is 5.34. The summed E-state index contributed by atoms with van der Waals surface area (Å²) in [5, 5.41) is 0. The highest BCUT2D eigenvalue weighted by molar-refractivity contribution is 6.15. The molecule has 2 aromatic rings. The Bertz CT molecular complexity index is 957. The van der Waals surface area contributed by atoms with E-state index in [4.69, 9.17) is 4.74 Å². The number of hydrogen-bond acceptors (Lipinski definition) is 4. The number of nitrogens with zero attached hydrogens (tertiary/aromatic N) is 3. The number of likely N-dealkylation sites (tertiary alicyclic amines) is 1. The second kappa shape index (κ2) is 7.52. The molecule has 2 amide bonds. The van der Waals surface area contributed by atoms with E-state index in [1.807, 2.05) is 41.3 Å². The van der Waals surface area contributed by atoms with Crippen molar-refractivity contribution >= 4 is 17.5 Å². The number of amides is 2. The van der Waals surface area contributed by atoms with Gasteiger partial charge in [-0.15, -0.1) is 0 Å². The van der Waals surface area contributed by atoms with Crippen LogP contribution in [0.4, 0.5) is 5.69 Å². The highest BCUT2D eigenvalue weighted by Crippen LogP contribution is 2.52. The number of hydrogen-bond donors (Lipinski definition) is 0. The van der Waals surface area contributed by atoms with E-state index in [1.165, 1.54) is 5.56 Å². The van der Waals surface area contributed by atoms with Gasteiger partial charge in [0.1, 0.15) is 5.41 Å². The molecule has 3 aliphatic heterocycles. The average molecular weight is 405 g/mol. The Balaban J connectivity index is 1.56. The van der Waals surface area contributed by atoms with Crippen LogP contribution in [0.5, 0.6) is 0 Å². The van der Waals surface area contributed by atoms with E-state index in [1.54, 1.807) is 11.9 Å². The predicted molar refractivity (Wildman–Crippen MR) is 114 cm³/mol. The molecule has 0 radical (unpaired) electrons. The molecule has 156 valence electrons. The molecule has 2 aromatic carbocycles. The van der Waals surface area contributed by atoms with E-state index in [0.717, 1.165) is 17.8 Å². The summed E-state index contributed by atoms with van der Waals surface area (Å²) in [6.07, 6.45) is 0. The minimum atomic E-state index is -1.07. The first-order valence-electron chi connectivity index (χ1n) is 10.6. The van der Waals surface area contributed by atoms with Crippen LogP contribution in [0.25, 0.3) is 0 Å². The highest BCUT2D eigenvalue weighted by Gasteiger charge is 2.62. The second-order valence-corrected chi connectivity index (χ2v) is 8.51. The lowest BCUT2D eigenvalue weighted by molar-refractivity contribution is -0.153. The molecule has 0 unspecified atom stereocenters. The number of carbonyl (C=O) groups excluding carboxylic acids is 2. The zero-order valence-electron chi connectivity index (χ0n) is 17.3. The number of para-hydroxylation sites is 1. The largest absolute Gasteiger partial charge is 0.378 e. The van der Waals surface area contributed by atoms with Crippen LogP contribution in [-0.4, -0.2) is 68.1 Å². The van der Waals surface area contributed by atoms with E-state index in [-0.39, 0.29) is 17.7 Å². The smallest absolute Gasteiger partial charge is 0.244 e. The minimum Gasteiger partial charge on any atom is -0.378 e. The fourth-order valence-corrected chi connectivity index (χ4v) is 5.34. The third-order valence-electron chi connectivity index (χ3n) is 6.80. The predicted octanol–water partition coefficient (Wildman–Crippen LogP) is 2.11. The van der Waals surface area contributed by atoms with Crippen molar-refractivity contribution in [2.45, 2.75) is 12.5 Å². The first-order chi connectivity index (χ1) is 14.6. The van der Waals surface area contributed by atoms with Gasteiger partial charge in [-0.25, -0.2) is 0 Å². The van der Waals surface area contributed by atoms with Crippen LogP contribution in [0.15, 0.2) is 54.6 Å². The fraction of sp³-hybridized carbons (Fsp3) is 0.417. The van der Waals surface area contributed by atoms with Gasteiger partial charge in [0.15, 0.2) is 0 Å². The molecular formula is C24H27N3O3. The lowest BCUT2D eigenvalue weighted by Crippen LogP contribution is -2.60. The third kappa shape index (κ3) is 2.94. The first-order valence-corrected chi connectivity index (χ1v) is 10.6. The van der Waals surface area contributed by atoms with E-state index in [9.17, 15) is 9.59 Å². The highest BCUT2D eigenvalue weighted by atomic mass is 16.5. The van der Waals surface area contributed by atoms with Gasteiger partial charge in [-0.3, -0.25) is 14.5 Å². The molecule has 5 rings (SSSR count). The van der Waals surface area contributed by atoms with Crippen LogP contribution in [0, 0.1) is 5.41 Å². The van der Waals surface area contributed by atoms with E-state index in [0.29, 0.717) is 39.4 Å². The van der Waals surface area contributed by atoms with Crippen molar-refractivity contribution in [3.05, 3.63) is 65.7 Å². The average Bonchev–Trinajstić information content (AvgIpc) is 3.19. The molecule has 0 saturated carbocycles. The van der Waals surface area contributed by atoms with Crippen LogP contribution >= 0.6 is 0 Å². The number of carbonyl (C=O) groups is 2. The van der Waals surface area contributed by atoms with Crippen LogP contribution < -0.4 is 4.90 Å². The summed E-state index contributed by atoms with van der Waals surface area (Å²) >= 11 is 0. The van der Waals surface area contributed by atoms with Crippen molar-refractivity contribution in [1.29, 1.82) is 0 Å². The lowest BCUT2D eigenvalue weighted by Gasteiger charge is -2.44. The van der Waals surface area contributed by atoms with Crippen molar-refractivity contribution in [1.82, 2.24) is 9.80 Å². The van der Waals surface area contributed by atoms with Gasteiger partial charge in [0, 0.05) is 51.4 Å². The van der Waals surface area contributed by atoms with Crippen LogP contribution in [0.2, 0.25) is 0 Å². The summed E-state index contributed by atoms with van der Waals surface area (Å²) in [7, 11) is 1.80. The monoisotopic (exact) mass is 405 g/mol. The third-order valence-corrected chi connectivity index (χ3v) is 6.80. The van der Waals surface area contributed by atoms with Gasteiger partial charge in [-0.05, 0) is 17.2 Å². The molecule has 2 atom stereocenters. The Morgan fingerprint density at radius 2 is 1.77 bits per heavy atom. The Morgan fingerprint density at radius 1 is 1.07 bits per heavy atom. The SMILES string of the molecule is CN1C(=O)[C@@]2(C(=O)N3CCOCC3)CN(Cc3ccccc3)C[C@H]2c2ccccc21. The van der Waals surface area contributed by atoms with Gasteiger partial charge in [0.05, 0.1) is 13.2 Å². The number of rotatable bonds is 3. The summed E-state index contributed by atoms with van der Waals surface area (Å²) in [6, 6.07) is 18.3. The molecule has 0 aromatic heterocycles. The minimum absolute atomic E-state index is 0.0438. The Labute approximate surface area is 177 Å². The number of benzene rings is 2. The van der Waals surface area contributed by atoms with E-state index >= 15 is 0 Å². The maximum absolute atomic E-state index is 13.9. The number of anilines is 1. The topological polar surface area (TPSA) is 53.1 Å². The molecule has 3 aliphatic rings. The van der Waals surface area contributed by atoms with Gasteiger partial charge in [0.25, 0.3) is 0 Å². The van der Waals surface area contributed by atoms with Crippen molar-refractivity contribution in [2.24, 2.45) is 5.41 Å². The van der Waals surface area contributed by atoms with Gasteiger partial charge >= 0.3 is 0 Å². The summed E-state index contributed by atoms with van der Waals surface area (Å²) in [6.45, 7) is 4.02. The first kappa shape index (κ1) is 19.3. The van der Waals surface area contributed by atoms with Crippen molar-refractivity contribution in [2.75, 3.05) is 51.3 Å². The van der Waals surface area contributed by atoms with Crippen molar-refractivity contribution in [3.63, 3.8) is 0 Å². The zero-order valence-corrected chi connectivity index (χ0v) is 17.3. The van der Waals surface area contributed by atoms with Crippen molar-refractivity contribution in [3.8, 4) is 0 Å². The summed E-state index contributed by atoms with van der Waals surface area (Å²) in [5.74, 6) is -0.271.